The fourth-order valence-corrected chi connectivity index (χ4v) is 2.40. The monoisotopic (exact) mass is 193 g/mol. The lowest BCUT2D eigenvalue weighted by atomic mass is 10.1. The van der Waals surface area contributed by atoms with Crippen LogP contribution in [0.15, 0.2) is 30.3 Å². The number of hydrogen-bond donors (Lipinski definition) is 1. The van der Waals surface area contributed by atoms with Gasteiger partial charge < -0.3 is 4.98 Å². The van der Waals surface area contributed by atoms with Crippen molar-refractivity contribution in [2.24, 2.45) is 5.92 Å². The molecule has 0 aliphatic carbocycles. The normalized spacial score (nSPS) is 11.6. The molecule has 1 aromatic rings. The molecule has 0 heterocycles. The summed E-state index contributed by atoms with van der Waals surface area (Å²) in [7, 11) is -0.204. The number of hydrogen-bond acceptors (Lipinski definition) is 1. The van der Waals surface area contributed by atoms with E-state index in [0.717, 1.165) is 5.92 Å². The second kappa shape index (κ2) is 5.94. The Hall–Kier alpha value is -0.603. The van der Waals surface area contributed by atoms with Crippen molar-refractivity contribution in [3.8, 4) is 0 Å². The zero-order chi connectivity index (χ0) is 9.52. The summed E-state index contributed by atoms with van der Waals surface area (Å²) in [6.45, 7) is 5.72. The lowest BCUT2D eigenvalue weighted by Gasteiger charge is -2.05. The van der Waals surface area contributed by atoms with E-state index in [1.165, 1.54) is 18.2 Å². The zero-order valence-corrected chi connectivity index (χ0v) is 10.00. The van der Waals surface area contributed by atoms with Gasteiger partial charge >= 0.3 is 0 Å². The van der Waals surface area contributed by atoms with Gasteiger partial charge in [0.1, 0.15) is 9.68 Å². The maximum atomic E-state index is 3.57. The van der Waals surface area contributed by atoms with Gasteiger partial charge in [0.15, 0.2) is 0 Å². The fraction of sp³-hybridized carbons (Fsp3) is 0.455. The summed E-state index contributed by atoms with van der Waals surface area (Å²) in [6, 6.07) is 10.7. The molecular weight excluding hydrogens is 174 g/mol. The highest BCUT2D eigenvalue weighted by Gasteiger charge is 1.94. The highest BCUT2D eigenvalue weighted by atomic mass is 28.2. The van der Waals surface area contributed by atoms with E-state index >= 15 is 0 Å². The smallest absolute Gasteiger partial charge is 0.124 e. The second-order valence-electron chi connectivity index (χ2n) is 3.84. The van der Waals surface area contributed by atoms with Gasteiger partial charge in [-0.1, -0.05) is 49.4 Å². The number of rotatable bonds is 5. The summed E-state index contributed by atoms with van der Waals surface area (Å²) >= 11 is 0. The van der Waals surface area contributed by atoms with E-state index in [0.29, 0.717) is 0 Å². The molecule has 72 valence electrons. The molecule has 1 N–H and O–H groups in total. The third-order valence-electron chi connectivity index (χ3n) is 2.07. The predicted octanol–water partition coefficient (Wildman–Crippen LogP) is 1.03. The first-order chi connectivity index (χ1) is 6.29. The Morgan fingerprint density at radius 2 is 1.92 bits per heavy atom. The Bertz CT molecular complexity index is 221. The van der Waals surface area contributed by atoms with E-state index in [2.05, 4.69) is 49.2 Å². The van der Waals surface area contributed by atoms with Crippen molar-refractivity contribution in [3.05, 3.63) is 30.3 Å². The van der Waals surface area contributed by atoms with Crippen LogP contribution in [-0.2, 0) is 0 Å². The molecule has 0 fully saturated rings. The van der Waals surface area contributed by atoms with E-state index in [9.17, 15) is 0 Å². The van der Waals surface area contributed by atoms with Crippen LogP contribution in [0.3, 0.4) is 0 Å². The zero-order valence-electron chi connectivity index (χ0n) is 8.59. The van der Waals surface area contributed by atoms with Crippen molar-refractivity contribution in [3.63, 3.8) is 0 Å². The van der Waals surface area contributed by atoms with Crippen LogP contribution in [0.2, 0.25) is 0 Å². The number of benzene rings is 1. The molecule has 1 nitrogen and oxygen atoms in total. The van der Waals surface area contributed by atoms with Crippen molar-refractivity contribution < 1.29 is 0 Å². The average Bonchev–Trinajstić information content (AvgIpc) is 2.14. The van der Waals surface area contributed by atoms with E-state index in [1.807, 2.05) is 0 Å². The molecule has 0 amide bonds. The third kappa shape index (κ3) is 4.86. The largest absolute Gasteiger partial charge is 0.339 e. The molecule has 0 unspecified atom stereocenters. The molecule has 1 aromatic carbocycles. The molecule has 0 spiro atoms. The van der Waals surface area contributed by atoms with E-state index in [-0.39, 0.29) is 9.68 Å². The van der Waals surface area contributed by atoms with Crippen LogP contribution in [0.5, 0.6) is 0 Å². The van der Waals surface area contributed by atoms with Gasteiger partial charge in [-0.3, -0.25) is 0 Å². The third-order valence-corrected chi connectivity index (χ3v) is 3.55. The summed E-state index contributed by atoms with van der Waals surface area (Å²) in [5.41, 5.74) is 0. The molecule has 0 saturated heterocycles. The summed E-state index contributed by atoms with van der Waals surface area (Å²) < 4.78 is 0. The van der Waals surface area contributed by atoms with Gasteiger partial charge in [-0.15, -0.1) is 0 Å². The van der Waals surface area contributed by atoms with Crippen molar-refractivity contribution >= 4 is 14.9 Å². The van der Waals surface area contributed by atoms with E-state index in [1.54, 1.807) is 0 Å². The van der Waals surface area contributed by atoms with Crippen LogP contribution in [0.4, 0.5) is 0 Å². The van der Waals surface area contributed by atoms with Crippen molar-refractivity contribution in [2.75, 3.05) is 6.54 Å². The minimum absolute atomic E-state index is 0.204. The van der Waals surface area contributed by atoms with Crippen LogP contribution in [0.1, 0.15) is 20.3 Å². The van der Waals surface area contributed by atoms with Gasteiger partial charge in [-0.2, -0.15) is 0 Å². The summed E-state index contributed by atoms with van der Waals surface area (Å²) in [5, 5.41) is 1.51. The summed E-state index contributed by atoms with van der Waals surface area (Å²) in [6.07, 6.45) is 1.29. The number of nitrogens with one attached hydrogen (secondary N) is 1. The molecule has 0 radical (unpaired) electrons. The lowest BCUT2D eigenvalue weighted by molar-refractivity contribution is 0.582. The second-order valence-corrected chi connectivity index (χ2v) is 5.51. The first-order valence-electron chi connectivity index (χ1n) is 5.03. The average molecular weight is 193 g/mol. The summed E-state index contributed by atoms with van der Waals surface area (Å²) in [4.78, 5) is 3.57. The fourth-order valence-electron chi connectivity index (χ4n) is 1.22. The Morgan fingerprint density at radius 1 is 1.23 bits per heavy atom. The van der Waals surface area contributed by atoms with Crippen molar-refractivity contribution in [1.82, 2.24) is 4.98 Å². The maximum Gasteiger partial charge on any atom is 0.124 e. The first-order valence-corrected chi connectivity index (χ1v) is 6.45. The Kier molecular flexibility index (Phi) is 4.79. The first kappa shape index (κ1) is 10.5. The lowest BCUT2D eigenvalue weighted by Crippen LogP contribution is -2.31. The minimum Gasteiger partial charge on any atom is -0.339 e. The van der Waals surface area contributed by atoms with Gasteiger partial charge in [0.05, 0.1) is 0 Å². The van der Waals surface area contributed by atoms with E-state index < -0.39 is 0 Å². The molecule has 0 aliphatic rings. The predicted molar refractivity (Wildman–Crippen MR) is 62.1 cm³/mol. The molecule has 2 heteroatoms. The van der Waals surface area contributed by atoms with E-state index in [4.69, 9.17) is 0 Å². The maximum absolute atomic E-state index is 3.57. The molecular formula is C11H19NSi. The van der Waals surface area contributed by atoms with Crippen LogP contribution >= 0.6 is 0 Å². The molecule has 0 saturated carbocycles. The Labute approximate surface area is 83.5 Å². The van der Waals surface area contributed by atoms with Gasteiger partial charge in [0.2, 0.25) is 0 Å². The van der Waals surface area contributed by atoms with Gasteiger partial charge in [0.25, 0.3) is 0 Å². The molecule has 0 bridgehead atoms. The molecule has 13 heavy (non-hydrogen) atoms. The highest BCUT2D eigenvalue weighted by Crippen LogP contribution is 1.95. The van der Waals surface area contributed by atoms with Crippen LogP contribution in [0.25, 0.3) is 0 Å². The molecule has 0 aromatic heterocycles. The highest BCUT2D eigenvalue weighted by molar-refractivity contribution is 6.50. The molecule has 0 atom stereocenters. The Morgan fingerprint density at radius 3 is 2.54 bits per heavy atom. The molecule has 1 rings (SSSR count). The quantitative estimate of drug-likeness (QED) is 0.544. The topological polar surface area (TPSA) is 12.0 Å². The van der Waals surface area contributed by atoms with Gasteiger partial charge in [-0.05, 0) is 18.9 Å². The van der Waals surface area contributed by atoms with Gasteiger partial charge in [0, 0.05) is 0 Å². The standard InChI is InChI=1S/C11H19NSi/c1-10(2)8-9-12-13-11-6-4-3-5-7-11/h3-7,10,12H,8-9,13H2,1-2H3. The minimum atomic E-state index is -0.204. The SMILES string of the molecule is CC(C)CCN[SiH2]c1ccccc1. The van der Waals surface area contributed by atoms with Crippen molar-refractivity contribution in [1.29, 1.82) is 0 Å². The van der Waals surface area contributed by atoms with Gasteiger partial charge in [-0.25, -0.2) is 0 Å². The summed E-state index contributed by atoms with van der Waals surface area (Å²) in [5.74, 6) is 0.817. The van der Waals surface area contributed by atoms with Crippen LogP contribution in [0, 0.1) is 5.92 Å². The molecule has 0 aliphatic heterocycles. The van der Waals surface area contributed by atoms with Crippen molar-refractivity contribution in [2.45, 2.75) is 20.3 Å². The Balaban J connectivity index is 2.13. The van der Waals surface area contributed by atoms with Crippen LogP contribution in [-0.4, -0.2) is 16.2 Å². The van der Waals surface area contributed by atoms with Crippen LogP contribution < -0.4 is 10.2 Å².